The van der Waals surface area contributed by atoms with Crippen LogP contribution in [-0.4, -0.2) is 31.2 Å². The van der Waals surface area contributed by atoms with Gasteiger partial charge in [0.05, 0.1) is 0 Å². The largest absolute Gasteiger partial charge is 0.350 e. The molecule has 21 heavy (non-hydrogen) atoms. The number of carbonyl (C=O) groups excluding carboxylic acids is 1. The fraction of sp³-hybridized carbons (Fsp3) is 0.429. The van der Waals surface area contributed by atoms with Gasteiger partial charge in [0.25, 0.3) is 0 Å². The van der Waals surface area contributed by atoms with Crippen LogP contribution in [-0.2, 0) is 4.79 Å². The van der Waals surface area contributed by atoms with Crippen LogP contribution in [0.2, 0.25) is 0 Å². The van der Waals surface area contributed by atoms with Crippen molar-refractivity contribution in [1.82, 2.24) is 25.1 Å². The number of nitrogens with one attached hydrogen (secondary N) is 2. The van der Waals surface area contributed by atoms with Gasteiger partial charge < -0.3 is 5.32 Å². The summed E-state index contributed by atoms with van der Waals surface area (Å²) in [7, 11) is 0. The zero-order valence-corrected chi connectivity index (χ0v) is 13.4. The van der Waals surface area contributed by atoms with Crippen LogP contribution in [0, 0.1) is 4.77 Å². The maximum Gasteiger partial charge on any atom is 0.243 e. The van der Waals surface area contributed by atoms with Gasteiger partial charge in [-0.2, -0.15) is 5.10 Å². The second-order valence-corrected chi connectivity index (χ2v) is 6.26. The standard InChI is InChI=1S/C14H19N5OS/c1-9(12(20)16-14(2,3)4)19-11(17-18-13(19)21)10-5-7-15-8-6-10/h5-9H,1-4H3,(H,16,20)(H,18,21). The van der Waals surface area contributed by atoms with Gasteiger partial charge in [0, 0.05) is 23.5 Å². The summed E-state index contributed by atoms with van der Waals surface area (Å²) in [6, 6.07) is 3.20. The number of hydrogen-bond acceptors (Lipinski definition) is 4. The summed E-state index contributed by atoms with van der Waals surface area (Å²) in [5, 5.41) is 9.93. The maximum atomic E-state index is 12.4. The van der Waals surface area contributed by atoms with Crippen LogP contribution >= 0.6 is 12.2 Å². The second kappa shape index (κ2) is 5.77. The van der Waals surface area contributed by atoms with Gasteiger partial charge in [-0.05, 0) is 52.0 Å². The first-order valence-corrected chi connectivity index (χ1v) is 7.10. The van der Waals surface area contributed by atoms with E-state index >= 15 is 0 Å². The van der Waals surface area contributed by atoms with E-state index in [4.69, 9.17) is 12.2 Å². The summed E-state index contributed by atoms with van der Waals surface area (Å²) >= 11 is 5.26. The van der Waals surface area contributed by atoms with Crippen molar-refractivity contribution in [2.45, 2.75) is 39.3 Å². The zero-order valence-electron chi connectivity index (χ0n) is 12.5. The van der Waals surface area contributed by atoms with Crippen LogP contribution in [0.25, 0.3) is 11.4 Å². The van der Waals surface area contributed by atoms with Crippen molar-refractivity contribution in [3.63, 3.8) is 0 Å². The third-order valence-electron chi connectivity index (χ3n) is 2.91. The van der Waals surface area contributed by atoms with E-state index < -0.39 is 6.04 Å². The summed E-state index contributed by atoms with van der Waals surface area (Å²) in [5.74, 6) is 0.522. The Labute approximate surface area is 128 Å². The van der Waals surface area contributed by atoms with E-state index in [2.05, 4.69) is 20.5 Å². The molecule has 112 valence electrons. The molecule has 0 spiro atoms. The van der Waals surface area contributed by atoms with Crippen molar-refractivity contribution in [3.05, 3.63) is 29.3 Å². The highest BCUT2D eigenvalue weighted by Crippen LogP contribution is 2.21. The molecule has 0 aliphatic heterocycles. The first kappa shape index (κ1) is 15.4. The van der Waals surface area contributed by atoms with E-state index in [1.165, 1.54) is 0 Å². The van der Waals surface area contributed by atoms with Gasteiger partial charge in [-0.15, -0.1) is 0 Å². The number of nitrogens with zero attached hydrogens (tertiary/aromatic N) is 3. The first-order chi connectivity index (χ1) is 9.79. The fourth-order valence-electron chi connectivity index (χ4n) is 1.96. The highest BCUT2D eigenvalue weighted by Gasteiger charge is 2.24. The van der Waals surface area contributed by atoms with Crippen molar-refractivity contribution in [2.24, 2.45) is 0 Å². The summed E-state index contributed by atoms with van der Waals surface area (Å²) in [6.07, 6.45) is 3.36. The van der Waals surface area contributed by atoms with Gasteiger partial charge in [-0.25, -0.2) is 0 Å². The number of carbonyl (C=O) groups is 1. The van der Waals surface area contributed by atoms with E-state index in [1.807, 2.05) is 32.9 Å². The molecule has 0 saturated heterocycles. The minimum atomic E-state index is -0.460. The van der Waals surface area contributed by atoms with Crippen molar-refractivity contribution in [2.75, 3.05) is 0 Å². The zero-order chi connectivity index (χ0) is 15.6. The monoisotopic (exact) mass is 305 g/mol. The first-order valence-electron chi connectivity index (χ1n) is 6.69. The Morgan fingerprint density at radius 1 is 1.38 bits per heavy atom. The molecule has 1 unspecified atom stereocenters. The van der Waals surface area contributed by atoms with Gasteiger partial charge >= 0.3 is 0 Å². The Morgan fingerprint density at radius 2 is 2.00 bits per heavy atom. The number of rotatable bonds is 3. The molecule has 0 aliphatic carbocycles. The number of aromatic amines is 1. The molecule has 7 heteroatoms. The Kier molecular flexibility index (Phi) is 4.22. The van der Waals surface area contributed by atoms with E-state index in [0.717, 1.165) is 5.56 Å². The molecule has 2 aromatic rings. The smallest absolute Gasteiger partial charge is 0.243 e. The molecular weight excluding hydrogens is 286 g/mol. The molecule has 0 radical (unpaired) electrons. The van der Waals surface area contributed by atoms with E-state index in [-0.39, 0.29) is 11.4 Å². The lowest BCUT2D eigenvalue weighted by molar-refractivity contribution is -0.125. The highest BCUT2D eigenvalue weighted by atomic mass is 32.1. The summed E-state index contributed by atoms with van der Waals surface area (Å²) in [5.41, 5.74) is 0.557. The van der Waals surface area contributed by atoms with Crippen LogP contribution in [0.4, 0.5) is 0 Å². The minimum absolute atomic E-state index is 0.102. The molecular formula is C14H19N5OS. The molecule has 0 aromatic carbocycles. The van der Waals surface area contributed by atoms with Crippen molar-refractivity contribution in [1.29, 1.82) is 0 Å². The summed E-state index contributed by atoms with van der Waals surface area (Å²) < 4.78 is 2.13. The molecule has 0 saturated carbocycles. The number of hydrogen-bond donors (Lipinski definition) is 2. The quantitative estimate of drug-likeness (QED) is 0.854. The summed E-state index contributed by atoms with van der Waals surface area (Å²) in [4.78, 5) is 16.3. The predicted octanol–water partition coefficient (Wildman–Crippen LogP) is 2.48. The molecule has 1 amide bonds. The Hall–Kier alpha value is -2.02. The van der Waals surface area contributed by atoms with Crippen LogP contribution < -0.4 is 5.32 Å². The lowest BCUT2D eigenvalue weighted by Crippen LogP contribution is -2.43. The average Bonchev–Trinajstić information content (AvgIpc) is 2.79. The van der Waals surface area contributed by atoms with E-state index in [0.29, 0.717) is 10.6 Å². The van der Waals surface area contributed by atoms with E-state index in [9.17, 15) is 4.79 Å². The maximum absolute atomic E-state index is 12.4. The van der Waals surface area contributed by atoms with Crippen LogP contribution in [0.5, 0.6) is 0 Å². The van der Waals surface area contributed by atoms with Gasteiger partial charge in [0.15, 0.2) is 10.6 Å². The molecule has 2 N–H and O–H groups in total. The van der Waals surface area contributed by atoms with Gasteiger partial charge in [-0.3, -0.25) is 19.4 Å². The molecule has 1 atom stereocenters. The van der Waals surface area contributed by atoms with Gasteiger partial charge in [0.1, 0.15) is 6.04 Å². The van der Waals surface area contributed by atoms with Crippen LogP contribution in [0.15, 0.2) is 24.5 Å². The fourth-order valence-corrected chi connectivity index (χ4v) is 2.25. The van der Waals surface area contributed by atoms with Crippen LogP contribution in [0.1, 0.15) is 33.7 Å². The Balaban J connectivity index is 2.39. The Bertz CT molecular complexity index is 683. The molecule has 2 aromatic heterocycles. The minimum Gasteiger partial charge on any atom is -0.350 e. The highest BCUT2D eigenvalue weighted by molar-refractivity contribution is 7.71. The average molecular weight is 305 g/mol. The predicted molar refractivity (Wildman–Crippen MR) is 83.2 cm³/mol. The summed E-state index contributed by atoms with van der Waals surface area (Å²) in [6.45, 7) is 7.62. The number of pyridine rings is 1. The molecule has 0 fully saturated rings. The van der Waals surface area contributed by atoms with Crippen molar-refractivity contribution >= 4 is 18.1 Å². The molecule has 6 nitrogen and oxygen atoms in total. The van der Waals surface area contributed by atoms with Crippen LogP contribution in [0.3, 0.4) is 0 Å². The Morgan fingerprint density at radius 3 is 2.57 bits per heavy atom. The number of H-pyrrole nitrogens is 1. The van der Waals surface area contributed by atoms with Gasteiger partial charge in [0.2, 0.25) is 5.91 Å². The molecule has 0 aliphatic rings. The third kappa shape index (κ3) is 3.55. The topological polar surface area (TPSA) is 75.6 Å². The lowest BCUT2D eigenvalue weighted by atomic mass is 10.1. The third-order valence-corrected chi connectivity index (χ3v) is 3.20. The van der Waals surface area contributed by atoms with Gasteiger partial charge in [-0.1, -0.05) is 0 Å². The molecule has 2 rings (SSSR count). The lowest BCUT2D eigenvalue weighted by Gasteiger charge is -2.24. The number of aromatic nitrogens is 4. The molecule has 2 heterocycles. The SMILES string of the molecule is CC(C(=O)NC(C)(C)C)n1c(-c2ccncc2)n[nH]c1=S. The van der Waals surface area contributed by atoms with Crippen molar-refractivity contribution in [3.8, 4) is 11.4 Å². The molecule has 0 bridgehead atoms. The van der Waals surface area contributed by atoms with Crippen molar-refractivity contribution < 1.29 is 4.79 Å². The second-order valence-electron chi connectivity index (χ2n) is 5.87. The van der Waals surface area contributed by atoms with E-state index in [1.54, 1.807) is 23.9 Å². The number of amides is 1. The normalized spacial score (nSPS) is 13.0.